The van der Waals surface area contributed by atoms with Crippen LogP contribution in [0.2, 0.25) is 0 Å². The molecule has 0 atom stereocenters. The van der Waals surface area contributed by atoms with Gasteiger partial charge in [-0.15, -0.1) is 0 Å². The fourth-order valence-corrected chi connectivity index (χ4v) is 1.95. The van der Waals surface area contributed by atoms with Gasteiger partial charge in [0.1, 0.15) is 5.75 Å². The van der Waals surface area contributed by atoms with Gasteiger partial charge in [-0.3, -0.25) is 10.1 Å². The van der Waals surface area contributed by atoms with Gasteiger partial charge < -0.3 is 10.1 Å². The normalized spacial score (nSPS) is 10.2. The van der Waals surface area contributed by atoms with E-state index in [1.165, 1.54) is 12.1 Å². The highest BCUT2D eigenvalue weighted by molar-refractivity contribution is 5.43. The van der Waals surface area contributed by atoms with Crippen LogP contribution in [0.5, 0.6) is 5.75 Å². The van der Waals surface area contributed by atoms with Crippen LogP contribution in [0.1, 0.15) is 11.1 Å². The zero-order chi connectivity index (χ0) is 14.4. The Labute approximate surface area is 117 Å². The molecule has 0 aliphatic rings. The molecule has 0 amide bonds. The van der Waals surface area contributed by atoms with Gasteiger partial charge in [-0.05, 0) is 11.6 Å². The number of nitro groups is 1. The van der Waals surface area contributed by atoms with Crippen LogP contribution in [-0.2, 0) is 13.1 Å². The number of hydrogen-bond acceptors (Lipinski definition) is 4. The van der Waals surface area contributed by atoms with Crippen LogP contribution < -0.4 is 10.1 Å². The molecule has 0 bridgehead atoms. The van der Waals surface area contributed by atoms with E-state index in [-0.39, 0.29) is 5.69 Å². The monoisotopic (exact) mass is 272 g/mol. The van der Waals surface area contributed by atoms with Gasteiger partial charge in [0.2, 0.25) is 0 Å². The fourth-order valence-electron chi connectivity index (χ4n) is 1.95. The number of nitro benzene ring substituents is 1. The molecule has 0 heterocycles. The fraction of sp³-hybridized carbons (Fsp3) is 0.200. The average molecular weight is 272 g/mol. The van der Waals surface area contributed by atoms with E-state index in [1.807, 2.05) is 30.3 Å². The van der Waals surface area contributed by atoms with E-state index in [4.69, 9.17) is 4.74 Å². The summed E-state index contributed by atoms with van der Waals surface area (Å²) in [6.45, 7) is 1.21. The van der Waals surface area contributed by atoms with E-state index >= 15 is 0 Å². The third kappa shape index (κ3) is 3.55. The van der Waals surface area contributed by atoms with Crippen molar-refractivity contribution >= 4 is 5.69 Å². The molecule has 2 aromatic carbocycles. The molecule has 0 spiro atoms. The second-order valence-corrected chi connectivity index (χ2v) is 4.34. The number of methoxy groups -OCH3 is 1. The van der Waals surface area contributed by atoms with E-state index in [9.17, 15) is 10.1 Å². The molecule has 104 valence electrons. The molecule has 0 aliphatic carbocycles. The summed E-state index contributed by atoms with van der Waals surface area (Å²) in [6.07, 6.45) is 0. The summed E-state index contributed by atoms with van der Waals surface area (Å²) in [5, 5.41) is 14.0. The lowest BCUT2D eigenvalue weighted by Crippen LogP contribution is -2.13. The van der Waals surface area contributed by atoms with E-state index < -0.39 is 4.92 Å². The quantitative estimate of drug-likeness (QED) is 0.648. The molecule has 0 unspecified atom stereocenters. The van der Waals surface area contributed by atoms with Gasteiger partial charge in [-0.25, -0.2) is 0 Å². The lowest BCUT2D eigenvalue weighted by molar-refractivity contribution is -0.384. The number of non-ortho nitro benzene ring substituents is 1. The van der Waals surface area contributed by atoms with Crippen LogP contribution in [0.25, 0.3) is 0 Å². The van der Waals surface area contributed by atoms with E-state index in [1.54, 1.807) is 13.2 Å². The Morgan fingerprint density at radius 1 is 1.15 bits per heavy atom. The Bertz CT molecular complexity index is 585. The lowest BCUT2D eigenvalue weighted by Gasteiger charge is -2.09. The van der Waals surface area contributed by atoms with Crippen molar-refractivity contribution in [3.63, 3.8) is 0 Å². The van der Waals surface area contributed by atoms with Crippen LogP contribution in [0.15, 0.2) is 48.5 Å². The van der Waals surface area contributed by atoms with Crippen molar-refractivity contribution in [1.29, 1.82) is 0 Å². The van der Waals surface area contributed by atoms with Crippen LogP contribution in [-0.4, -0.2) is 12.0 Å². The van der Waals surface area contributed by atoms with Crippen molar-refractivity contribution in [3.05, 3.63) is 69.8 Å². The smallest absolute Gasteiger partial charge is 0.270 e. The maximum Gasteiger partial charge on any atom is 0.270 e. The Morgan fingerprint density at radius 2 is 1.90 bits per heavy atom. The highest BCUT2D eigenvalue weighted by Crippen LogP contribution is 2.23. The molecule has 0 saturated carbocycles. The molecular formula is C15H16N2O3. The maximum atomic E-state index is 10.8. The molecule has 2 aromatic rings. The summed E-state index contributed by atoms with van der Waals surface area (Å²) in [4.78, 5) is 10.4. The second kappa shape index (κ2) is 6.68. The van der Waals surface area contributed by atoms with E-state index in [2.05, 4.69) is 5.32 Å². The molecule has 0 fully saturated rings. The van der Waals surface area contributed by atoms with Gasteiger partial charge in [-0.1, -0.05) is 30.3 Å². The Balaban J connectivity index is 2.04. The van der Waals surface area contributed by atoms with Gasteiger partial charge in [0, 0.05) is 30.8 Å². The molecule has 0 saturated heterocycles. The summed E-state index contributed by atoms with van der Waals surface area (Å²) in [5.41, 5.74) is 2.01. The zero-order valence-corrected chi connectivity index (χ0v) is 11.2. The number of ether oxygens (including phenoxy) is 1. The first-order valence-electron chi connectivity index (χ1n) is 6.26. The summed E-state index contributed by atoms with van der Waals surface area (Å²) in [7, 11) is 1.56. The first-order valence-corrected chi connectivity index (χ1v) is 6.26. The van der Waals surface area contributed by atoms with Gasteiger partial charge in [-0.2, -0.15) is 0 Å². The topological polar surface area (TPSA) is 64.4 Å². The zero-order valence-electron chi connectivity index (χ0n) is 11.2. The van der Waals surface area contributed by atoms with Gasteiger partial charge in [0.05, 0.1) is 12.0 Å². The molecule has 20 heavy (non-hydrogen) atoms. The molecule has 5 heteroatoms. The number of benzene rings is 2. The SMILES string of the molecule is COc1ccc([N+](=O)[O-])cc1CNCc1ccccc1. The summed E-state index contributed by atoms with van der Waals surface area (Å²) in [5.74, 6) is 0.649. The van der Waals surface area contributed by atoms with Crippen molar-refractivity contribution in [2.75, 3.05) is 7.11 Å². The molecule has 0 aliphatic heterocycles. The van der Waals surface area contributed by atoms with Gasteiger partial charge in [0.25, 0.3) is 5.69 Å². The van der Waals surface area contributed by atoms with Crippen LogP contribution in [0.3, 0.4) is 0 Å². The first kappa shape index (κ1) is 14.0. The molecule has 2 rings (SSSR count). The Morgan fingerprint density at radius 3 is 2.55 bits per heavy atom. The average Bonchev–Trinajstić information content (AvgIpc) is 2.48. The van der Waals surface area contributed by atoms with Crippen LogP contribution in [0.4, 0.5) is 5.69 Å². The number of hydrogen-bond donors (Lipinski definition) is 1. The Kier molecular flexibility index (Phi) is 4.68. The third-order valence-corrected chi connectivity index (χ3v) is 2.96. The maximum absolute atomic E-state index is 10.8. The van der Waals surface area contributed by atoms with Crippen molar-refractivity contribution in [2.45, 2.75) is 13.1 Å². The highest BCUT2D eigenvalue weighted by atomic mass is 16.6. The highest BCUT2D eigenvalue weighted by Gasteiger charge is 2.10. The molecule has 5 nitrogen and oxygen atoms in total. The minimum Gasteiger partial charge on any atom is -0.496 e. The third-order valence-electron chi connectivity index (χ3n) is 2.96. The van der Waals surface area contributed by atoms with Crippen LogP contribution >= 0.6 is 0 Å². The van der Waals surface area contributed by atoms with Crippen molar-refractivity contribution < 1.29 is 9.66 Å². The van der Waals surface area contributed by atoms with Crippen LogP contribution in [0, 0.1) is 10.1 Å². The van der Waals surface area contributed by atoms with E-state index in [0.717, 1.165) is 11.1 Å². The number of nitrogens with one attached hydrogen (secondary N) is 1. The summed E-state index contributed by atoms with van der Waals surface area (Å²) in [6, 6.07) is 14.6. The second-order valence-electron chi connectivity index (χ2n) is 4.34. The summed E-state index contributed by atoms with van der Waals surface area (Å²) >= 11 is 0. The largest absolute Gasteiger partial charge is 0.496 e. The predicted molar refractivity (Wildman–Crippen MR) is 76.6 cm³/mol. The van der Waals surface area contributed by atoms with Gasteiger partial charge in [0.15, 0.2) is 0 Å². The first-order chi connectivity index (χ1) is 9.70. The number of nitrogens with zero attached hydrogens (tertiary/aromatic N) is 1. The predicted octanol–water partition coefficient (Wildman–Crippen LogP) is 2.89. The summed E-state index contributed by atoms with van der Waals surface area (Å²) < 4.78 is 5.22. The van der Waals surface area contributed by atoms with Crippen molar-refractivity contribution in [3.8, 4) is 5.75 Å². The number of rotatable bonds is 6. The van der Waals surface area contributed by atoms with Crippen molar-refractivity contribution in [2.24, 2.45) is 0 Å². The minimum absolute atomic E-state index is 0.0716. The van der Waals surface area contributed by atoms with Gasteiger partial charge >= 0.3 is 0 Å². The minimum atomic E-state index is -0.403. The van der Waals surface area contributed by atoms with Crippen molar-refractivity contribution in [1.82, 2.24) is 5.32 Å². The molecule has 0 radical (unpaired) electrons. The Hall–Kier alpha value is -2.40. The molecule has 1 N–H and O–H groups in total. The lowest BCUT2D eigenvalue weighted by atomic mass is 10.1. The standard InChI is InChI=1S/C15H16N2O3/c1-20-15-8-7-14(17(18)19)9-13(15)11-16-10-12-5-3-2-4-6-12/h2-9,16H,10-11H2,1H3. The van der Waals surface area contributed by atoms with E-state index in [0.29, 0.717) is 18.8 Å². The molecule has 0 aromatic heterocycles. The molecular weight excluding hydrogens is 256 g/mol.